The standard InChI is InChI=1S/C12H16O3S/c1-9(8-14-2)15-12(13)10-5-4-6-11(7-10)16-3/h4-7,9H,8H2,1-3H3. The summed E-state index contributed by atoms with van der Waals surface area (Å²) >= 11 is 1.60. The fourth-order valence-electron chi connectivity index (χ4n) is 1.27. The summed E-state index contributed by atoms with van der Waals surface area (Å²) in [6.07, 6.45) is 1.74. The van der Waals surface area contributed by atoms with Crippen molar-refractivity contribution in [2.24, 2.45) is 0 Å². The third-order valence-corrected chi connectivity index (χ3v) is 2.74. The van der Waals surface area contributed by atoms with Gasteiger partial charge in [-0.15, -0.1) is 11.8 Å². The molecule has 0 amide bonds. The molecule has 1 rings (SSSR count). The molecule has 1 aromatic carbocycles. The summed E-state index contributed by atoms with van der Waals surface area (Å²) in [4.78, 5) is 12.8. The smallest absolute Gasteiger partial charge is 0.338 e. The monoisotopic (exact) mass is 240 g/mol. The van der Waals surface area contributed by atoms with E-state index in [2.05, 4.69) is 0 Å². The summed E-state index contributed by atoms with van der Waals surface area (Å²) in [6, 6.07) is 7.39. The van der Waals surface area contributed by atoms with Gasteiger partial charge < -0.3 is 9.47 Å². The molecule has 1 aromatic rings. The highest BCUT2D eigenvalue weighted by molar-refractivity contribution is 7.98. The van der Waals surface area contributed by atoms with E-state index in [0.717, 1.165) is 4.90 Å². The largest absolute Gasteiger partial charge is 0.457 e. The molecule has 0 aromatic heterocycles. The third-order valence-electron chi connectivity index (χ3n) is 2.02. The summed E-state index contributed by atoms with van der Waals surface area (Å²) in [5.74, 6) is -0.305. The van der Waals surface area contributed by atoms with Crippen LogP contribution in [-0.4, -0.2) is 32.0 Å². The van der Waals surface area contributed by atoms with Crippen LogP contribution in [0, 0.1) is 0 Å². The Kier molecular flexibility index (Phi) is 5.35. The van der Waals surface area contributed by atoms with Crippen LogP contribution in [0.15, 0.2) is 29.2 Å². The number of thioether (sulfide) groups is 1. The van der Waals surface area contributed by atoms with Crippen molar-refractivity contribution in [3.05, 3.63) is 29.8 Å². The van der Waals surface area contributed by atoms with Gasteiger partial charge in [0.25, 0.3) is 0 Å². The van der Waals surface area contributed by atoms with Crippen molar-refractivity contribution < 1.29 is 14.3 Å². The van der Waals surface area contributed by atoms with E-state index in [1.165, 1.54) is 0 Å². The number of carbonyl (C=O) groups is 1. The number of rotatable bonds is 5. The van der Waals surface area contributed by atoms with Gasteiger partial charge in [0.1, 0.15) is 6.10 Å². The first kappa shape index (κ1) is 13.1. The zero-order chi connectivity index (χ0) is 12.0. The summed E-state index contributed by atoms with van der Waals surface area (Å²) in [5, 5.41) is 0. The van der Waals surface area contributed by atoms with Gasteiger partial charge in [-0.25, -0.2) is 4.79 Å². The van der Waals surface area contributed by atoms with Gasteiger partial charge in [-0.2, -0.15) is 0 Å². The number of benzene rings is 1. The van der Waals surface area contributed by atoms with Gasteiger partial charge in [0.15, 0.2) is 0 Å². The zero-order valence-electron chi connectivity index (χ0n) is 9.73. The highest BCUT2D eigenvalue weighted by atomic mass is 32.2. The Bertz CT molecular complexity index is 352. The molecule has 0 saturated heterocycles. The molecule has 4 heteroatoms. The molecule has 1 atom stereocenters. The maximum absolute atomic E-state index is 11.7. The van der Waals surface area contributed by atoms with Gasteiger partial charge in [0.2, 0.25) is 0 Å². The van der Waals surface area contributed by atoms with Crippen LogP contribution in [0.3, 0.4) is 0 Å². The average molecular weight is 240 g/mol. The van der Waals surface area contributed by atoms with Crippen molar-refractivity contribution in [2.75, 3.05) is 20.0 Å². The Morgan fingerprint density at radius 1 is 1.50 bits per heavy atom. The summed E-state index contributed by atoms with van der Waals surface area (Å²) in [6.45, 7) is 2.22. The molecule has 0 aliphatic rings. The van der Waals surface area contributed by atoms with Gasteiger partial charge in [-0.3, -0.25) is 0 Å². The summed E-state index contributed by atoms with van der Waals surface area (Å²) in [5.41, 5.74) is 0.579. The van der Waals surface area contributed by atoms with Gasteiger partial charge in [0, 0.05) is 12.0 Å². The second-order valence-corrected chi connectivity index (χ2v) is 4.28. The highest BCUT2D eigenvalue weighted by Crippen LogP contribution is 2.16. The van der Waals surface area contributed by atoms with Crippen molar-refractivity contribution in [2.45, 2.75) is 17.9 Å². The molecule has 0 heterocycles. The lowest BCUT2D eigenvalue weighted by Crippen LogP contribution is -2.19. The first-order valence-electron chi connectivity index (χ1n) is 5.01. The lowest BCUT2D eigenvalue weighted by molar-refractivity contribution is 0.0120. The van der Waals surface area contributed by atoms with Crippen molar-refractivity contribution in [3.63, 3.8) is 0 Å². The van der Waals surface area contributed by atoms with Crippen LogP contribution in [0.25, 0.3) is 0 Å². The number of ether oxygens (including phenoxy) is 2. The SMILES string of the molecule is COCC(C)OC(=O)c1cccc(SC)c1. The average Bonchev–Trinajstić information content (AvgIpc) is 2.29. The van der Waals surface area contributed by atoms with Crippen LogP contribution >= 0.6 is 11.8 Å². The Morgan fingerprint density at radius 2 is 2.25 bits per heavy atom. The van der Waals surface area contributed by atoms with Crippen LogP contribution in [0.2, 0.25) is 0 Å². The van der Waals surface area contributed by atoms with E-state index in [1.807, 2.05) is 24.5 Å². The molecule has 1 unspecified atom stereocenters. The molecule has 0 fully saturated rings. The van der Waals surface area contributed by atoms with E-state index in [-0.39, 0.29) is 12.1 Å². The van der Waals surface area contributed by atoms with E-state index in [1.54, 1.807) is 31.9 Å². The van der Waals surface area contributed by atoms with Crippen LogP contribution in [0.5, 0.6) is 0 Å². The van der Waals surface area contributed by atoms with E-state index in [9.17, 15) is 4.79 Å². The molecule has 3 nitrogen and oxygen atoms in total. The Labute approximate surface area is 100 Å². The number of hydrogen-bond donors (Lipinski definition) is 0. The van der Waals surface area contributed by atoms with Crippen molar-refractivity contribution in [3.8, 4) is 0 Å². The van der Waals surface area contributed by atoms with E-state index < -0.39 is 0 Å². The van der Waals surface area contributed by atoms with Gasteiger partial charge in [0.05, 0.1) is 12.2 Å². The summed E-state index contributed by atoms with van der Waals surface area (Å²) in [7, 11) is 1.58. The zero-order valence-corrected chi connectivity index (χ0v) is 10.5. The molecule has 0 bridgehead atoms. The molecule has 0 spiro atoms. The number of esters is 1. The highest BCUT2D eigenvalue weighted by Gasteiger charge is 2.11. The topological polar surface area (TPSA) is 35.5 Å². The molecular formula is C12H16O3S. The Balaban J connectivity index is 2.65. The first-order valence-corrected chi connectivity index (χ1v) is 6.23. The third kappa shape index (κ3) is 3.87. The molecule has 0 aliphatic heterocycles. The molecule has 16 heavy (non-hydrogen) atoms. The lowest BCUT2D eigenvalue weighted by Gasteiger charge is -2.12. The lowest BCUT2D eigenvalue weighted by atomic mass is 10.2. The fourth-order valence-corrected chi connectivity index (χ4v) is 1.73. The molecule has 0 aliphatic carbocycles. The minimum atomic E-state index is -0.305. The number of carbonyl (C=O) groups excluding carboxylic acids is 1. The van der Waals surface area contributed by atoms with Gasteiger partial charge in [-0.05, 0) is 31.4 Å². The van der Waals surface area contributed by atoms with E-state index >= 15 is 0 Å². The molecule has 0 N–H and O–H groups in total. The molecule has 88 valence electrons. The molecule has 0 saturated carbocycles. The van der Waals surface area contributed by atoms with Crippen molar-refractivity contribution in [1.29, 1.82) is 0 Å². The minimum absolute atomic E-state index is 0.226. The second-order valence-electron chi connectivity index (χ2n) is 3.40. The maximum atomic E-state index is 11.7. The Hall–Kier alpha value is -1.00. The van der Waals surface area contributed by atoms with Crippen molar-refractivity contribution >= 4 is 17.7 Å². The van der Waals surface area contributed by atoms with E-state index in [4.69, 9.17) is 9.47 Å². The van der Waals surface area contributed by atoms with Crippen molar-refractivity contribution in [1.82, 2.24) is 0 Å². The van der Waals surface area contributed by atoms with Crippen LogP contribution in [0.1, 0.15) is 17.3 Å². The maximum Gasteiger partial charge on any atom is 0.338 e. The van der Waals surface area contributed by atoms with E-state index in [0.29, 0.717) is 12.2 Å². The van der Waals surface area contributed by atoms with Crippen LogP contribution < -0.4 is 0 Å². The summed E-state index contributed by atoms with van der Waals surface area (Å²) < 4.78 is 10.1. The minimum Gasteiger partial charge on any atom is -0.457 e. The van der Waals surface area contributed by atoms with Crippen LogP contribution in [0.4, 0.5) is 0 Å². The van der Waals surface area contributed by atoms with Crippen LogP contribution in [-0.2, 0) is 9.47 Å². The molecular weight excluding hydrogens is 224 g/mol. The Morgan fingerprint density at radius 3 is 2.88 bits per heavy atom. The normalized spacial score (nSPS) is 12.2. The first-order chi connectivity index (χ1) is 7.67. The van der Waals surface area contributed by atoms with Gasteiger partial charge in [-0.1, -0.05) is 6.07 Å². The quantitative estimate of drug-likeness (QED) is 0.585. The van der Waals surface area contributed by atoms with Gasteiger partial charge >= 0.3 is 5.97 Å². The second kappa shape index (κ2) is 6.55. The number of methoxy groups -OCH3 is 1. The number of hydrogen-bond acceptors (Lipinski definition) is 4. The predicted octanol–water partition coefficient (Wildman–Crippen LogP) is 2.60. The molecule has 0 radical (unpaired) electrons. The predicted molar refractivity (Wildman–Crippen MR) is 65.0 cm³/mol. The fraction of sp³-hybridized carbons (Fsp3) is 0.417.